The quantitative estimate of drug-likeness (QED) is 0.634. The van der Waals surface area contributed by atoms with Gasteiger partial charge >= 0.3 is 0 Å². The molecule has 4 heteroatoms. The van der Waals surface area contributed by atoms with Gasteiger partial charge in [-0.2, -0.15) is 0 Å². The third-order valence-corrected chi connectivity index (χ3v) is 4.29. The summed E-state index contributed by atoms with van der Waals surface area (Å²) in [4.78, 5) is 1.61. The van der Waals surface area contributed by atoms with Gasteiger partial charge in [0.1, 0.15) is 4.99 Å². The number of nitrogens with one attached hydrogen (secondary N) is 1. The standard InChI is InChI=1S/C13H18N2S2/c1-13(6-7-13)8-15-9-4-3-5-10(17-2)11(9)12(14)16/h3-5,15H,6-8H2,1-2H3,(H2,14,16). The molecule has 0 bridgehead atoms. The highest BCUT2D eigenvalue weighted by molar-refractivity contribution is 7.98. The van der Waals surface area contributed by atoms with Crippen molar-refractivity contribution in [2.24, 2.45) is 11.1 Å². The van der Waals surface area contributed by atoms with E-state index < -0.39 is 0 Å². The summed E-state index contributed by atoms with van der Waals surface area (Å²) in [6.45, 7) is 3.30. The van der Waals surface area contributed by atoms with Crippen molar-refractivity contribution in [3.63, 3.8) is 0 Å². The van der Waals surface area contributed by atoms with Crippen LogP contribution in [0.1, 0.15) is 25.3 Å². The van der Waals surface area contributed by atoms with Gasteiger partial charge in [-0.25, -0.2) is 0 Å². The van der Waals surface area contributed by atoms with Gasteiger partial charge < -0.3 is 11.1 Å². The summed E-state index contributed by atoms with van der Waals surface area (Å²) >= 11 is 6.83. The topological polar surface area (TPSA) is 38.0 Å². The smallest absolute Gasteiger partial charge is 0.107 e. The second kappa shape index (κ2) is 4.86. The highest BCUT2D eigenvalue weighted by Crippen LogP contribution is 2.45. The van der Waals surface area contributed by atoms with E-state index in [1.807, 2.05) is 12.3 Å². The van der Waals surface area contributed by atoms with Crippen LogP contribution < -0.4 is 11.1 Å². The van der Waals surface area contributed by atoms with Crippen LogP contribution in [0.3, 0.4) is 0 Å². The molecule has 1 fully saturated rings. The van der Waals surface area contributed by atoms with Gasteiger partial charge in [-0.15, -0.1) is 11.8 Å². The first-order chi connectivity index (χ1) is 8.06. The van der Waals surface area contributed by atoms with Gasteiger partial charge in [0, 0.05) is 22.7 Å². The molecule has 1 saturated carbocycles. The number of rotatable bonds is 5. The zero-order valence-corrected chi connectivity index (χ0v) is 11.9. The Balaban J connectivity index is 2.22. The van der Waals surface area contributed by atoms with Crippen LogP contribution in [0.25, 0.3) is 0 Å². The molecule has 1 aromatic carbocycles. The lowest BCUT2D eigenvalue weighted by atomic mass is 10.1. The minimum Gasteiger partial charge on any atom is -0.389 e. The van der Waals surface area contributed by atoms with E-state index in [9.17, 15) is 0 Å². The van der Waals surface area contributed by atoms with Crippen LogP contribution in [-0.2, 0) is 0 Å². The van der Waals surface area contributed by atoms with Gasteiger partial charge in [-0.05, 0) is 36.6 Å². The molecule has 92 valence electrons. The Hall–Kier alpha value is -0.740. The summed E-state index contributed by atoms with van der Waals surface area (Å²) in [6, 6.07) is 6.16. The van der Waals surface area contributed by atoms with Gasteiger partial charge in [-0.3, -0.25) is 0 Å². The molecule has 0 radical (unpaired) electrons. The van der Waals surface area contributed by atoms with E-state index in [2.05, 4.69) is 24.4 Å². The normalized spacial score (nSPS) is 16.6. The maximum Gasteiger partial charge on any atom is 0.107 e. The summed E-state index contributed by atoms with van der Waals surface area (Å²) in [5, 5.41) is 3.49. The van der Waals surface area contributed by atoms with Gasteiger partial charge in [-0.1, -0.05) is 25.2 Å². The van der Waals surface area contributed by atoms with E-state index >= 15 is 0 Å². The monoisotopic (exact) mass is 266 g/mol. The summed E-state index contributed by atoms with van der Waals surface area (Å²) in [5.74, 6) is 0. The van der Waals surface area contributed by atoms with Crippen LogP contribution in [0.2, 0.25) is 0 Å². The molecule has 1 aliphatic carbocycles. The summed E-state index contributed by atoms with van der Waals surface area (Å²) in [6.07, 6.45) is 4.67. The average molecular weight is 266 g/mol. The number of thiocarbonyl (C=S) groups is 1. The number of nitrogens with two attached hydrogens (primary N) is 1. The first kappa shape index (κ1) is 12.7. The Bertz CT molecular complexity index is 439. The molecular formula is C13H18N2S2. The molecular weight excluding hydrogens is 248 g/mol. The minimum absolute atomic E-state index is 0.471. The number of thioether (sulfide) groups is 1. The van der Waals surface area contributed by atoms with Crippen LogP contribution >= 0.6 is 24.0 Å². The molecule has 0 aliphatic heterocycles. The van der Waals surface area contributed by atoms with Crippen LogP contribution in [0.4, 0.5) is 5.69 Å². The summed E-state index contributed by atoms with van der Waals surface area (Å²) < 4.78 is 0. The molecule has 0 saturated heterocycles. The molecule has 0 atom stereocenters. The molecule has 1 aliphatic rings. The van der Waals surface area contributed by atoms with Crippen LogP contribution in [0.5, 0.6) is 0 Å². The molecule has 0 aromatic heterocycles. The van der Waals surface area contributed by atoms with E-state index in [0.29, 0.717) is 10.4 Å². The molecule has 0 amide bonds. The molecule has 3 N–H and O–H groups in total. The number of hydrogen-bond acceptors (Lipinski definition) is 3. The Morgan fingerprint density at radius 2 is 2.24 bits per heavy atom. The van der Waals surface area contributed by atoms with Gasteiger partial charge in [0.05, 0.1) is 0 Å². The number of hydrogen-bond donors (Lipinski definition) is 2. The molecule has 2 nitrogen and oxygen atoms in total. The fraction of sp³-hybridized carbons (Fsp3) is 0.462. The van der Waals surface area contributed by atoms with Crippen molar-refractivity contribution in [1.82, 2.24) is 0 Å². The van der Waals surface area contributed by atoms with Gasteiger partial charge in [0.15, 0.2) is 0 Å². The van der Waals surface area contributed by atoms with E-state index in [0.717, 1.165) is 22.7 Å². The van der Waals surface area contributed by atoms with E-state index in [4.69, 9.17) is 18.0 Å². The van der Waals surface area contributed by atoms with Crippen molar-refractivity contribution in [2.45, 2.75) is 24.7 Å². The molecule has 17 heavy (non-hydrogen) atoms. The highest BCUT2D eigenvalue weighted by Gasteiger charge is 2.36. The first-order valence-electron chi connectivity index (χ1n) is 5.76. The first-order valence-corrected chi connectivity index (χ1v) is 7.40. The fourth-order valence-corrected chi connectivity index (χ4v) is 2.72. The lowest BCUT2D eigenvalue weighted by Crippen LogP contribution is -2.18. The van der Waals surface area contributed by atoms with Crippen LogP contribution in [0.15, 0.2) is 23.1 Å². The molecule has 2 rings (SSSR count). The molecule has 0 spiro atoms. The zero-order valence-electron chi connectivity index (χ0n) is 10.2. The Kier molecular flexibility index (Phi) is 3.64. The van der Waals surface area contributed by atoms with Gasteiger partial charge in [0.2, 0.25) is 0 Å². The van der Waals surface area contributed by atoms with Crippen molar-refractivity contribution in [2.75, 3.05) is 18.1 Å². The predicted octanol–water partition coefficient (Wildman–Crippen LogP) is 3.25. The fourth-order valence-electron chi connectivity index (χ4n) is 1.80. The summed E-state index contributed by atoms with van der Waals surface area (Å²) in [7, 11) is 0. The SMILES string of the molecule is CSc1cccc(NCC2(C)CC2)c1C(N)=S. The third-order valence-electron chi connectivity index (χ3n) is 3.30. The summed E-state index contributed by atoms with van der Waals surface area (Å²) in [5.41, 5.74) is 8.35. The second-order valence-electron chi connectivity index (χ2n) is 4.91. The number of benzene rings is 1. The molecule has 1 aromatic rings. The maximum atomic E-state index is 5.82. The third kappa shape index (κ3) is 2.93. The van der Waals surface area contributed by atoms with Crippen molar-refractivity contribution >= 4 is 34.7 Å². The van der Waals surface area contributed by atoms with E-state index in [1.54, 1.807) is 11.8 Å². The Morgan fingerprint density at radius 1 is 1.53 bits per heavy atom. The van der Waals surface area contributed by atoms with E-state index in [1.165, 1.54) is 12.8 Å². The molecule has 0 unspecified atom stereocenters. The Labute approximate surface area is 112 Å². The van der Waals surface area contributed by atoms with Crippen LogP contribution in [0, 0.1) is 5.41 Å². The van der Waals surface area contributed by atoms with E-state index in [-0.39, 0.29) is 0 Å². The zero-order chi connectivity index (χ0) is 12.5. The lowest BCUT2D eigenvalue weighted by Gasteiger charge is -2.16. The number of anilines is 1. The molecule has 0 heterocycles. The average Bonchev–Trinajstić information content (AvgIpc) is 3.04. The van der Waals surface area contributed by atoms with Crippen molar-refractivity contribution in [3.8, 4) is 0 Å². The largest absolute Gasteiger partial charge is 0.389 e. The van der Waals surface area contributed by atoms with Crippen molar-refractivity contribution in [3.05, 3.63) is 23.8 Å². The van der Waals surface area contributed by atoms with Crippen LogP contribution in [-0.4, -0.2) is 17.8 Å². The maximum absolute atomic E-state index is 5.82. The van der Waals surface area contributed by atoms with Gasteiger partial charge in [0.25, 0.3) is 0 Å². The lowest BCUT2D eigenvalue weighted by molar-refractivity contribution is 0.610. The second-order valence-corrected chi connectivity index (χ2v) is 6.20. The highest BCUT2D eigenvalue weighted by atomic mass is 32.2. The Morgan fingerprint density at radius 3 is 2.76 bits per heavy atom. The van der Waals surface area contributed by atoms with Crippen molar-refractivity contribution < 1.29 is 0 Å². The predicted molar refractivity (Wildman–Crippen MR) is 79.9 cm³/mol. The van der Waals surface area contributed by atoms with Crippen molar-refractivity contribution in [1.29, 1.82) is 0 Å². The minimum atomic E-state index is 0.471.